The molecule has 0 radical (unpaired) electrons. The summed E-state index contributed by atoms with van der Waals surface area (Å²) in [5.74, 6) is 0.716. The van der Waals surface area contributed by atoms with Crippen LogP contribution in [0.5, 0.6) is 5.75 Å². The van der Waals surface area contributed by atoms with Crippen LogP contribution >= 0.6 is 0 Å². The van der Waals surface area contributed by atoms with Gasteiger partial charge in [-0.1, -0.05) is 20.8 Å². The van der Waals surface area contributed by atoms with Crippen molar-refractivity contribution in [1.82, 2.24) is 19.6 Å². The summed E-state index contributed by atoms with van der Waals surface area (Å²) in [7, 11) is -3.95. The van der Waals surface area contributed by atoms with Gasteiger partial charge in [-0.05, 0) is 43.9 Å². The Morgan fingerprint density at radius 1 is 1.22 bits per heavy atom. The third kappa shape index (κ3) is 6.71. The number of ether oxygens (including phenoxy) is 2. The standard InChI is InChI=1S/C25H38N4O6S/c1-4-14-35-23-8-7-19(16-21(23)24-27-22(6-3)20(5-2)25(31)28-24)36(32,33)29(12-13-30)11-9-18-17-26-10-15-34-18/h7-8,16,18,26,30H,4-6,9-15,17H2,1-3H3,(H,27,28,31). The van der Waals surface area contributed by atoms with E-state index in [2.05, 4.69) is 15.3 Å². The van der Waals surface area contributed by atoms with Crippen LogP contribution in [0.1, 0.15) is 44.9 Å². The van der Waals surface area contributed by atoms with Crippen LogP contribution in [0.3, 0.4) is 0 Å². The number of aryl methyl sites for hydroxylation is 1. The van der Waals surface area contributed by atoms with Crippen molar-refractivity contribution in [3.05, 3.63) is 39.8 Å². The van der Waals surface area contributed by atoms with Crippen molar-refractivity contribution in [2.24, 2.45) is 0 Å². The van der Waals surface area contributed by atoms with Crippen molar-refractivity contribution in [2.75, 3.05) is 46.0 Å². The number of H-pyrrole nitrogens is 1. The number of aromatic amines is 1. The molecule has 2 heterocycles. The van der Waals surface area contributed by atoms with Gasteiger partial charge < -0.3 is 24.9 Å². The number of aliphatic hydroxyl groups excluding tert-OH is 1. The number of nitrogens with zero attached hydrogens (tertiary/aromatic N) is 2. The minimum atomic E-state index is -3.95. The molecular formula is C25H38N4O6S. The molecule has 3 rings (SSSR count). The van der Waals surface area contributed by atoms with E-state index in [1.165, 1.54) is 16.4 Å². The Labute approximate surface area is 213 Å². The Kier molecular flexibility index (Phi) is 10.4. The van der Waals surface area contributed by atoms with Crippen LogP contribution in [0.25, 0.3) is 11.4 Å². The Bertz CT molecular complexity index is 1160. The van der Waals surface area contributed by atoms with Crippen LogP contribution in [-0.2, 0) is 27.6 Å². The second-order valence-electron chi connectivity index (χ2n) is 8.67. The van der Waals surface area contributed by atoms with Crippen LogP contribution < -0.4 is 15.6 Å². The van der Waals surface area contributed by atoms with E-state index < -0.39 is 10.0 Å². The molecule has 200 valence electrons. The van der Waals surface area contributed by atoms with E-state index in [-0.39, 0.29) is 42.1 Å². The number of aliphatic hydroxyl groups is 1. The first-order chi connectivity index (χ1) is 17.3. The zero-order valence-corrected chi connectivity index (χ0v) is 22.2. The number of hydrogen-bond acceptors (Lipinski definition) is 8. The molecule has 1 aromatic carbocycles. The summed E-state index contributed by atoms with van der Waals surface area (Å²) in [6.45, 7) is 8.13. The molecule has 0 saturated carbocycles. The van der Waals surface area contributed by atoms with E-state index in [9.17, 15) is 18.3 Å². The third-order valence-corrected chi connectivity index (χ3v) is 8.04. The summed E-state index contributed by atoms with van der Waals surface area (Å²) >= 11 is 0. The van der Waals surface area contributed by atoms with Gasteiger partial charge >= 0.3 is 0 Å². The SMILES string of the molecule is CCCOc1ccc(S(=O)(=O)N(CCO)CCC2CNCCO2)cc1-c1nc(CC)c(CC)c(=O)[nH]1. The van der Waals surface area contributed by atoms with E-state index in [0.717, 1.165) is 13.0 Å². The van der Waals surface area contributed by atoms with Crippen molar-refractivity contribution in [2.45, 2.75) is 57.5 Å². The smallest absolute Gasteiger partial charge is 0.254 e. The zero-order valence-electron chi connectivity index (χ0n) is 21.4. The highest BCUT2D eigenvalue weighted by atomic mass is 32.2. The number of benzene rings is 1. The third-order valence-electron chi connectivity index (χ3n) is 6.15. The highest BCUT2D eigenvalue weighted by Crippen LogP contribution is 2.32. The highest BCUT2D eigenvalue weighted by molar-refractivity contribution is 7.89. The molecule has 1 unspecified atom stereocenters. The second-order valence-corrected chi connectivity index (χ2v) is 10.6. The lowest BCUT2D eigenvalue weighted by Gasteiger charge is -2.27. The molecule has 11 heteroatoms. The summed E-state index contributed by atoms with van der Waals surface area (Å²) < 4.78 is 40.1. The first-order valence-electron chi connectivity index (χ1n) is 12.7. The molecule has 1 aliphatic rings. The lowest BCUT2D eigenvalue weighted by Crippen LogP contribution is -2.42. The van der Waals surface area contributed by atoms with Gasteiger partial charge in [0.1, 0.15) is 11.6 Å². The fourth-order valence-corrected chi connectivity index (χ4v) is 5.70. The summed E-state index contributed by atoms with van der Waals surface area (Å²) in [5.41, 5.74) is 1.46. The highest BCUT2D eigenvalue weighted by Gasteiger charge is 2.27. The van der Waals surface area contributed by atoms with E-state index in [1.807, 2.05) is 20.8 Å². The molecule has 0 spiro atoms. The van der Waals surface area contributed by atoms with E-state index in [1.54, 1.807) is 6.07 Å². The summed E-state index contributed by atoms with van der Waals surface area (Å²) in [6.07, 6.45) is 2.31. The number of morpholine rings is 1. The molecule has 1 fully saturated rings. The van der Waals surface area contributed by atoms with Gasteiger partial charge in [0.2, 0.25) is 10.0 Å². The van der Waals surface area contributed by atoms with Gasteiger partial charge in [0, 0.05) is 31.7 Å². The first kappa shape index (κ1) is 28.3. The molecule has 0 bridgehead atoms. The minimum absolute atomic E-state index is 0.0356. The van der Waals surface area contributed by atoms with Gasteiger partial charge in [-0.2, -0.15) is 4.31 Å². The van der Waals surface area contributed by atoms with Crippen LogP contribution in [0.15, 0.2) is 27.9 Å². The molecule has 1 aliphatic heterocycles. The lowest BCUT2D eigenvalue weighted by molar-refractivity contribution is 0.0206. The Morgan fingerprint density at radius 3 is 2.67 bits per heavy atom. The number of rotatable bonds is 13. The maximum atomic E-state index is 13.6. The van der Waals surface area contributed by atoms with Gasteiger partial charge in [0.25, 0.3) is 5.56 Å². The molecule has 0 aliphatic carbocycles. The predicted molar refractivity (Wildman–Crippen MR) is 138 cm³/mol. The molecule has 1 saturated heterocycles. The average molecular weight is 523 g/mol. The van der Waals surface area contributed by atoms with E-state index in [0.29, 0.717) is 61.6 Å². The molecule has 36 heavy (non-hydrogen) atoms. The maximum absolute atomic E-state index is 13.6. The van der Waals surface area contributed by atoms with Crippen molar-refractivity contribution in [3.63, 3.8) is 0 Å². The molecule has 1 atom stereocenters. The van der Waals surface area contributed by atoms with Crippen molar-refractivity contribution in [3.8, 4) is 17.1 Å². The van der Waals surface area contributed by atoms with Crippen LogP contribution in [0.2, 0.25) is 0 Å². The van der Waals surface area contributed by atoms with Crippen molar-refractivity contribution >= 4 is 10.0 Å². The predicted octanol–water partition coefficient (Wildman–Crippen LogP) is 1.71. The average Bonchev–Trinajstić information content (AvgIpc) is 2.89. The van der Waals surface area contributed by atoms with Gasteiger partial charge in [0.15, 0.2) is 0 Å². The zero-order chi connectivity index (χ0) is 26.1. The van der Waals surface area contributed by atoms with Gasteiger partial charge in [-0.3, -0.25) is 4.79 Å². The van der Waals surface area contributed by atoms with E-state index in [4.69, 9.17) is 9.47 Å². The topological polar surface area (TPSA) is 134 Å². The number of nitrogens with one attached hydrogen (secondary N) is 2. The molecule has 0 amide bonds. The minimum Gasteiger partial charge on any atom is -0.493 e. The molecular weight excluding hydrogens is 484 g/mol. The molecule has 3 N–H and O–H groups in total. The summed E-state index contributed by atoms with van der Waals surface area (Å²) in [4.78, 5) is 20.3. The largest absolute Gasteiger partial charge is 0.493 e. The number of sulfonamides is 1. The normalized spacial score (nSPS) is 16.4. The summed E-state index contributed by atoms with van der Waals surface area (Å²) in [6, 6.07) is 4.58. The van der Waals surface area contributed by atoms with Gasteiger partial charge in [0.05, 0.1) is 42.1 Å². The van der Waals surface area contributed by atoms with Crippen LogP contribution in [0.4, 0.5) is 0 Å². The Balaban J connectivity index is 2.01. The fourth-order valence-electron chi connectivity index (χ4n) is 4.23. The van der Waals surface area contributed by atoms with Crippen LogP contribution in [0, 0.1) is 0 Å². The first-order valence-corrected chi connectivity index (χ1v) is 14.1. The molecule has 1 aromatic heterocycles. The van der Waals surface area contributed by atoms with Gasteiger partial charge in [-0.25, -0.2) is 13.4 Å². The Morgan fingerprint density at radius 2 is 2.03 bits per heavy atom. The van der Waals surface area contributed by atoms with Crippen LogP contribution in [-0.4, -0.2) is 79.9 Å². The fraction of sp³-hybridized carbons (Fsp3) is 0.600. The van der Waals surface area contributed by atoms with Crippen molar-refractivity contribution in [1.29, 1.82) is 0 Å². The molecule has 10 nitrogen and oxygen atoms in total. The number of aromatic nitrogens is 2. The lowest BCUT2D eigenvalue weighted by atomic mass is 10.1. The summed E-state index contributed by atoms with van der Waals surface area (Å²) in [5, 5.41) is 12.8. The van der Waals surface area contributed by atoms with Crippen molar-refractivity contribution < 1.29 is 23.0 Å². The number of hydrogen-bond donors (Lipinski definition) is 3. The van der Waals surface area contributed by atoms with Gasteiger partial charge in [-0.15, -0.1) is 0 Å². The monoisotopic (exact) mass is 522 g/mol. The quantitative estimate of drug-likeness (QED) is 0.362. The Hall–Kier alpha value is -2.31. The second kappa shape index (κ2) is 13.3. The van der Waals surface area contributed by atoms with E-state index >= 15 is 0 Å². The molecule has 2 aromatic rings. The maximum Gasteiger partial charge on any atom is 0.254 e.